The number of aromatic hydroxyl groups is 1. The Morgan fingerprint density at radius 2 is 1.96 bits per heavy atom. The maximum atomic E-state index is 12.5. The number of rotatable bonds is 7. The lowest BCUT2D eigenvalue weighted by molar-refractivity contribution is 0.0941. The van der Waals surface area contributed by atoms with Crippen LogP contribution in [0.3, 0.4) is 0 Å². The third-order valence-corrected chi connectivity index (χ3v) is 4.14. The second-order valence-electron chi connectivity index (χ2n) is 5.84. The molecule has 1 amide bonds. The molecule has 0 heterocycles. The van der Waals surface area contributed by atoms with E-state index in [1.54, 1.807) is 6.92 Å². The number of hydrogen-bond donors (Lipinski definition) is 2. The maximum Gasteiger partial charge on any atom is 0.251 e. The van der Waals surface area contributed by atoms with Crippen molar-refractivity contribution in [3.8, 4) is 11.5 Å². The number of nitrogens with zero attached hydrogens (tertiary/aromatic N) is 1. The summed E-state index contributed by atoms with van der Waals surface area (Å²) in [6.07, 6.45) is 0. The van der Waals surface area contributed by atoms with Crippen LogP contribution in [0.15, 0.2) is 42.5 Å². The predicted molar refractivity (Wildman–Crippen MR) is 99.5 cm³/mol. The predicted octanol–water partition coefficient (Wildman–Crippen LogP) is 3.48. The van der Waals surface area contributed by atoms with Crippen LogP contribution in [-0.4, -0.2) is 43.2 Å². The summed E-state index contributed by atoms with van der Waals surface area (Å²) < 4.78 is 5.32. The van der Waals surface area contributed by atoms with Gasteiger partial charge in [0.15, 0.2) is 11.5 Å². The second kappa shape index (κ2) is 8.74. The highest BCUT2D eigenvalue weighted by atomic mass is 35.5. The molecule has 0 saturated carbocycles. The molecule has 0 aromatic heterocycles. The number of benzene rings is 2. The average molecular weight is 363 g/mol. The zero-order valence-electron chi connectivity index (χ0n) is 14.6. The van der Waals surface area contributed by atoms with Gasteiger partial charge in [0.25, 0.3) is 5.91 Å². The smallest absolute Gasteiger partial charge is 0.251 e. The zero-order valence-corrected chi connectivity index (χ0v) is 15.4. The Labute approximate surface area is 153 Å². The summed E-state index contributed by atoms with van der Waals surface area (Å²) in [6.45, 7) is 2.60. The molecular formula is C19H23ClN2O3. The van der Waals surface area contributed by atoms with E-state index in [1.807, 2.05) is 49.3 Å². The van der Waals surface area contributed by atoms with E-state index in [4.69, 9.17) is 16.3 Å². The number of hydrogen-bond acceptors (Lipinski definition) is 4. The van der Waals surface area contributed by atoms with Crippen LogP contribution in [0.1, 0.15) is 28.9 Å². The first-order valence-corrected chi connectivity index (χ1v) is 8.46. The minimum absolute atomic E-state index is 0.0455. The number of carbonyl (C=O) groups is 1. The highest BCUT2D eigenvalue weighted by molar-refractivity contribution is 6.32. The monoisotopic (exact) mass is 362 g/mol. The SMILES string of the molecule is CCOc1cc(C(=O)NC[C@@H](c2ccccc2)N(C)C)cc(Cl)c1O. The van der Waals surface area contributed by atoms with Crippen molar-refractivity contribution >= 4 is 17.5 Å². The van der Waals surface area contributed by atoms with Crippen LogP contribution < -0.4 is 10.1 Å². The molecule has 25 heavy (non-hydrogen) atoms. The van der Waals surface area contributed by atoms with E-state index >= 15 is 0 Å². The van der Waals surface area contributed by atoms with Crippen molar-refractivity contribution in [2.45, 2.75) is 13.0 Å². The summed E-state index contributed by atoms with van der Waals surface area (Å²) >= 11 is 5.99. The summed E-state index contributed by atoms with van der Waals surface area (Å²) in [7, 11) is 3.93. The van der Waals surface area contributed by atoms with Crippen LogP contribution in [0.2, 0.25) is 5.02 Å². The van der Waals surface area contributed by atoms with Crippen molar-refractivity contribution < 1.29 is 14.6 Å². The van der Waals surface area contributed by atoms with Gasteiger partial charge in [0.2, 0.25) is 0 Å². The number of likely N-dealkylation sites (N-methyl/N-ethyl adjacent to an activating group) is 1. The number of nitrogens with one attached hydrogen (secondary N) is 1. The molecular weight excluding hydrogens is 340 g/mol. The van der Waals surface area contributed by atoms with Crippen LogP contribution in [0.25, 0.3) is 0 Å². The van der Waals surface area contributed by atoms with Gasteiger partial charge in [-0.05, 0) is 38.7 Å². The first kappa shape index (κ1) is 19.1. The third kappa shape index (κ3) is 4.87. The molecule has 2 aromatic carbocycles. The topological polar surface area (TPSA) is 61.8 Å². The molecule has 2 rings (SSSR count). The largest absolute Gasteiger partial charge is 0.503 e. The molecule has 0 spiro atoms. The van der Waals surface area contributed by atoms with Crippen molar-refractivity contribution in [2.75, 3.05) is 27.2 Å². The first-order chi connectivity index (χ1) is 11.9. The van der Waals surface area contributed by atoms with Crippen molar-refractivity contribution in [1.29, 1.82) is 0 Å². The van der Waals surface area contributed by atoms with Gasteiger partial charge in [0.05, 0.1) is 17.7 Å². The summed E-state index contributed by atoms with van der Waals surface area (Å²) in [5.74, 6) is -0.228. The molecule has 2 N–H and O–H groups in total. The number of carbonyl (C=O) groups excluding carboxylic acids is 1. The van der Waals surface area contributed by atoms with E-state index in [9.17, 15) is 9.90 Å². The van der Waals surface area contributed by atoms with E-state index in [-0.39, 0.29) is 28.5 Å². The van der Waals surface area contributed by atoms with Crippen LogP contribution in [-0.2, 0) is 0 Å². The number of halogens is 1. The Balaban J connectivity index is 2.13. The summed E-state index contributed by atoms with van der Waals surface area (Å²) in [5.41, 5.74) is 1.46. The Kier molecular flexibility index (Phi) is 6.67. The minimum atomic E-state index is -0.273. The maximum absolute atomic E-state index is 12.5. The number of amides is 1. The van der Waals surface area contributed by atoms with Gasteiger partial charge < -0.3 is 20.1 Å². The van der Waals surface area contributed by atoms with Crippen LogP contribution in [0, 0.1) is 0 Å². The Bertz CT molecular complexity index is 720. The molecule has 0 unspecified atom stereocenters. The molecule has 0 aliphatic rings. The van der Waals surface area contributed by atoms with E-state index in [0.717, 1.165) is 5.56 Å². The molecule has 0 saturated heterocycles. The number of phenolic OH excluding ortho intramolecular Hbond substituents is 1. The van der Waals surface area contributed by atoms with E-state index in [1.165, 1.54) is 12.1 Å². The Morgan fingerprint density at radius 1 is 1.28 bits per heavy atom. The van der Waals surface area contributed by atoms with Gasteiger partial charge in [-0.1, -0.05) is 41.9 Å². The molecule has 134 valence electrons. The summed E-state index contributed by atoms with van der Waals surface area (Å²) in [6, 6.07) is 12.9. The van der Waals surface area contributed by atoms with E-state index in [0.29, 0.717) is 18.7 Å². The molecule has 5 nitrogen and oxygen atoms in total. The Morgan fingerprint density at radius 3 is 2.56 bits per heavy atom. The second-order valence-corrected chi connectivity index (χ2v) is 6.25. The summed E-state index contributed by atoms with van der Waals surface area (Å²) in [5, 5.41) is 12.9. The van der Waals surface area contributed by atoms with Gasteiger partial charge in [-0.15, -0.1) is 0 Å². The van der Waals surface area contributed by atoms with Crippen LogP contribution in [0.4, 0.5) is 0 Å². The van der Waals surface area contributed by atoms with Crippen molar-refractivity contribution in [1.82, 2.24) is 10.2 Å². The van der Waals surface area contributed by atoms with Crippen LogP contribution in [0.5, 0.6) is 11.5 Å². The van der Waals surface area contributed by atoms with Gasteiger partial charge in [0.1, 0.15) is 0 Å². The van der Waals surface area contributed by atoms with E-state index < -0.39 is 0 Å². The highest BCUT2D eigenvalue weighted by Gasteiger charge is 2.18. The average Bonchev–Trinajstić information content (AvgIpc) is 2.59. The highest BCUT2D eigenvalue weighted by Crippen LogP contribution is 2.35. The quantitative estimate of drug-likeness (QED) is 0.791. The van der Waals surface area contributed by atoms with Crippen molar-refractivity contribution in [3.63, 3.8) is 0 Å². The normalized spacial score (nSPS) is 12.0. The molecule has 0 aliphatic carbocycles. The molecule has 0 bridgehead atoms. The fourth-order valence-corrected chi connectivity index (χ4v) is 2.75. The molecule has 1 atom stereocenters. The van der Waals surface area contributed by atoms with Crippen molar-refractivity contribution in [3.05, 3.63) is 58.6 Å². The van der Waals surface area contributed by atoms with E-state index in [2.05, 4.69) is 5.32 Å². The molecule has 0 radical (unpaired) electrons. The van der Waals surface area contributed by atoms with Gasteiger partial charge in [-0.25, -0.2) is 0 Å². The minimum Gasteiger partial charge on any atom is -0.503 e. The lowest BCUT2D eigenvalue weighted by atomic mass is 10.1. The fourth-order valence-electron chi connectivity index (χ4n) is 2.54. The number of ether oxygens (including phenoxy) is 1. The fraction of sp³-hybridized carbons (Fsp3) is 0.316. The number of phenols is 1. The third-order valence-electron chi connectivity index (χ3n) is 3.85. The standard InChI is InChI=1S/C19H23ClN2O3/c1-4-25-17-11-14(10-15(20)18(17)23)19(24)21-12-16(22(2)3)13-8-6-5-7-9-13/h5-11,16,23H,4,12H2,1-3H3,(H,21,24)/t16-/m0/s1. The molecule has 0 aliphatic heterocycles. The summed E-state index contributed by atoms with van der Waals surface area (Å²) in [4.78, 5) is 14.5. The molecule has 2 aromatic rings. The molecule has 6 heteroatoms. The lowest BCUT2D eigenvalue weighted by Crippen LogP contribution is -2.34. The van der Waals surface area contributed by atoms with Crippen LogP contribution >= 0.6 is 11.6 Å². The lowest BCUT2D eigenvalue weighted by Gasteiger charge is -2.25. The zero-order chi connectivity index (χ0) is 18.4. The van der Waals surface area contributed by atoms with Gasteiger partial charge >= 0.3 is 0 Å². The van der Waals surface area contributed by atoms with Gasteiger partial charge in [-0.3, -0.25) is 4.79 Å². The first-order valence-electron chi connectivity index (χ1n) is 8.09. The van der Waals surface area contributed by atoms with Crippen molar-refractivity contribution in [2.24, 2.45) is 0 Å². The Hall–Kier alpha value is -2.24. The van der Waals surface area contributed by atoms with Gasteiger partial charge in [0, 0.05) is 12.1 Å². The van der Waals surface area contributed by atoms with Gasteiger partial charge in [-0.2, -0.15) is 0 Å². The molecule has 0 fully saturated rings.